The van der Waals surface area contributed by atoms with E-state index in [1.165, 1.54) is 6.07 Å². The zero-order chi connectivity index (χ0) is 19.5. The lowest BCUT2D eigenvalue weighted by Gasteiger charge is -2.39. The number of hydrogen-bond acceptors (Lipinski definition) is 6. The smallest absolute Gasteiger partial charge is 0.338 e. The summed E-state index contributed by atoms with van der Waals surface area (Å²) in [6, 6.07) is 6.43. The first-order valence-electron chi connectivity index (χ1n) is 9.70. The van der Waals surface area contributed by atoms with Crippen LogP contribution in [0.3, 0.4) is 0 Å². The summed E-state index contributed by atoms with van der Waals surface area (Å²) in [5.74, 6) is -0.885. The number of unbranched alkanes of at least 4 members (excludes halogenated alkanes) is 1. The highest BCUT2D eigenvalue weighted by Crippen LogP contribution is 2.31. The first-order chi connectivity index (χ1) is 13.1. The van der Waals surface area contributed by atoms with Crippen LogP contribution in [0.2, 0.25) is 0 Å². The van der Waals surface area contributed by atoms with Gasteiger partial charge in [0.05, 0.1) is 36.4 Å². The Hall–Kier alpha value is -1.92. The van der Waals surface area contributed by atoms with Crippen LogP contribution in [0.5, 0.6) is 0 Å². The van der Waals surface area contributed by atoms with Crippen LogP contribution in [0.4, 0.5) is 0 Å². The quantitative estimate of drug-likeness (QED) is 0.409. The number of benzene rings is 1. The van der Waals surface area contributed by atoms with Crippen LogP contribution in [0.25, 0.3) is 0 Å². The lowest BCUT2D eigenvalue weighted by molar-refractivity contribution is -0.140. The van der Waals surface area contributed by atoms with Gasteiger partial charge in [0.2, 0.25) is 0 Å². The van der Waals surface area contributed by atoms with E-state index in [-0.39, 0.29) is 5.41 Å². The average molecular weight is 378 g/mol. The van der Waals surface area contributed by atoms with Crippen LogP contribution in [0, 0.1) is 5.41 Å². The van der Waals surface area contributed by atoms with E-state index in [0.29, 0.717) is 50.6 Å². The van der Waals surface area contributed by atoms with Gasteiger partial charge in [-0.25, -0.2) is 9.59 Å². The molecule has 0 spiro atoms. The van der Waals surface area contributed by atoms with Crippen molar-refractivity contribution >= 4 is 11.9 Å². The minimum absolute atomic E-state index is 0.0641. The van der Waals surface area contributed by atoms with Crippen LogP contribution >= 0.6 is 0 Å². The molecule has 0 aromatic heterocycles. The van der Waals surface area contributed by atoms with E-state index in [1.54, 1.807) is 18.2 Å². The second-order valence-electron chi connectivity index (χ2n) is 6.96. The predicted octanol–water partition coefficient (Wildman–Crippen LogP) is 3.63. The molecule has 1 aliphatic heterocycles. The van der Waals surface area contributed by atoms with Gasteiger partial charge in [-0.1, -0.05) is 26.3 Å². The molecule has 0 saturated carbocycles. The summed E-state index contributed by atoms with van der Waals surface area (Å²) in [5, 5.41) is 0. The number of esters is 2. The Labute approximate surface area is 161 Å². The van der Waals surface area contributed by atoms with Crippen molar-refractivity contribution in [1.82, 2.24) is 0 Å². The van der Waals surface area contributed by atoms with Gasteiger partial charge in [0.1, 0.15) is 6.61 Å². The summed E-state index contributed by atoms with van der Waals surface area (Å²) in [5.41, 5.74) is 0.623. The minimum atomic E-state index is -0.448. The van der Waals surface area contributed by atoms with Gasteiger partial charge in [-0.05, 0) is 31.0 Å². The van der Waals surface area contributed by atoms with Crippen molar-refractivity contribution in [1.29, 1.82) is 0 Å². The Morgan fingerprint density at radius 3 is 2.26 bits per heavy atom. The molecule has 1 aromatic rings. The second-order valence-corrected chi connectivity index (χ2v) is 6.96. The normalized spacial score (nSPS) is 15.0. The molecule has 0 aliphatic carbocycles. The molecule has 1 aliphatic rings. The average Bonchev–Trinajstić information content (AvgIpc) is 2.66. The van der Waals surface area contributed by atoms with Crippen molar-refractivity contribution in [3.63, 3.8) is 0 Å². The number of hydrogen-bond donors (Lipinski definition) is 0. The van der Waals surface area contributed by atoms with Gasteiger partial charge in [-0.3, -0.25) is 0 Å². The summed E-state index contributed by atoms with van der Waals surface area (Å²) in [6.07, 6.45) is 3.68. The van der Waals surface area contributed by atoms with Crippen molar-refractivity contribution in [2.24, 2.45) is 5.41 Å². The van der Waals surface area contributed by atoms with E-state index in [9.17, 15) is 9.59 Å². The molecule has 0 unspecified atom stereocenters. The van der Waals surface area contributed by atoms with Gasteiger partial charge in [0.15, 0.2) is 0 Å². The highest BCUT2D eigenvalue weighted by Gasteiger charge is 2.38. The molecule has 0 N–H and O–H groups in total. The van der Waals surface area contributed by atoms with Gasteiger partial charge in [0, 0.05) is 19.6 Å². The topological polar surface area (TPSA) is 71.1 Å². The van der Waals surface area contributed by atoms with Crippen molar-refractivity contribution < 1.29 is 28.5 Å². The molecule has 27 heavy (non-hydrogen) atoms. The molecular weight excluding hydrogens is 348 g/mol. The zero-order valence-corrected chi connectivity index (χ0v) is 16.3. The third-order valence-corrected chi connectivity index (χ3v) is 4.72. The van der Waals surface area contributed by atoms with Crippen molar-refractivity contribution in [3.05, 3.63) is 35.4 Å². The van der Waals surface area contributed by atoms with E-state index < -0.39 is 11.9 Å². The highest BCUT2D eigenvalue weighted by atomic mass is 16.5. The summed E-state index contributed by atoms with van der Waals surface area (Å²) in [7, 11) is 0. The molecule has 1 fully saturated rings. The summed E-state index contributed by atoms with van der Waals surface area (Å²) in [4.78, 5) is 24.4. The van der Waals surface area contributed by atoms with Gasteiger partial charge in [-0.2, -0.15) is 0 Å². The third kappa shape index (κ3) is 6.63. The molecule has 6 nitrogen and oxygen atoms in total. The monoisotopic (exact) mass is 378 g/mol. The highest BCUT2D eigenvalue weighted by molar-refractivity contribution is 5.95. The maximum atomic E-state index is 12.3. The number of carbonyl (C=O) groups is 2. The van der Waals surface area contributed by atoms with Crippen LogP contribution in [-0.4, -0.2) is 51.6 Å². The van der Waals surface area contributed by atoms with Crippen LogP contribution in [0.1, 0.15) is 60.2 Å². The van der Waals surface area contributed by atoms with Gasteiger partial charge >= 0.3 is 11.9 Å². The van der Waals surface area contributed by atoms with Gasteiger partial charge in [-0.15, -0.1) is 0 Å². The predicted molar refractivity (Wildman–Crippen MR) is 101 cm³/mol. The van der Waals surface area contributed by atoms with E-state index in [1.807, 2.05) is 0 Å². The first kappa shape index (κ1) is 21.4. The molecule has 1 heterocycles. The van der Waals surface area contributed by atoms with Crippen LogP contribution in [0.15, 0.2) is 24.3 Å². The van der Waals surface area contributed by atoms with Crippen molar-refractivity contribution in [2.45, 2.75) is 39.5 Å². The molecule has 6 heteroatoms. The molecule has 1 aromatic carbocycles. The van der Waals surface area contributed by atoms with E-state index >= 15 is 0 Å². The Morgan fingerprint density at radius 2 is 1.67 bits per heavy atom. The SMILES string of the molecule is CCCCOCCCOC(=O)c1cccc(C(=O)OCC2(CC)COC2)c1. The number of rotatable bonds is 12. The molecule has 2 rings (SSSR count). The van der Waals surface area contributed by atoms with E-state index in [0.717, 1.165) is 25.9 Å². The standard InChI is InChI=1S/C21H30O6/c1-3-5-10-24-11-7-12-26-19(22)17-8-6-9-18(13-17)20(23)27-16-21(4-2)14-25-15-21/h6,8-9,13H,3-5,7,10-12,14-16H2,1-2H3. The fourth-order valence-electron chi connectivity index (χ4n) is 2.61. The number of ether oxygens (including phenoxy) is 4. The van der Waals surface area contributed by atoms with E-state index in [2.05, 4.69) is 13.8 Å². The largest absolute Gasteiger partial charge is 0.462 e. The molecule has 0 amide bonds. The zero-order valence-electron chi connectivity index (χ0n) is 16.3. The van der Waals surface area contributed by atoms with Crippen LogP contribution < -0.4 is 0 Å². The molecular formula is C21H30O6. The second kappa shape index (κ2) is 11.0. The fourth-order valence-corrected chi connectivity index (χ4v) is 2.61. The Balaban J connectivity index is 1.76. The molecule has 1 saturated heterocycles. The Morgan fingerprint density at radius 1 is 1.00 bits per heavy atom. The van der Waals surface area contributed by atoms with E-state index in [4.69, 9.17) is 18.9 Å². The maximum absolute atomic E-state index is 12.3. The minimum Gasteiger partial charge on any atom is -0.462 e. The lowest BCUT2D eigenvalue weighted by Crippen LogP contribution is -2.46. The first-order valence-corrected chi connectivity index (χ1v) is 9.70. The summed E-state index contributed by atoms with van der Waals surface area (Å²) in [6.45, 7) is 7.33. The molecule has 0 atom stereocenters. The van der Waals surface area contributed by atoms with Gasteiger partial charge in [0.25, 0.3) is 0 Å². The third-order valence-electron chi connectivity index (χ3n) is 4.72. The molecule has 0 bridgehead atoms. The Kier molecular flexibility index (Phi) is 8.75. The fraction of sp³-hybridized carbons (Fsp3) is 0.619. The molecule has 0 radical (unpaired) electrons. The van der Waals surface area contributed by atoms with Crippen molar-refractivity contribution in [3.8, 4) is 0 Å². The lowest BCUT2D eigenvalue weighted by atomic mass is 9.84. The van der Waals surface area contributed by atoms with Crippen LogP contribution in [-0.2, 0) is 18.9 Å². The Bertz CT molecular complexity index is 603. The van der Waals surface area contributed by atoms with Gasteiger partial charge < -0.3 is 18.9 Å². The molecule has 150 valence electrons. The summed E-state index contributed by atoms with van der Waals surface area (Å²) < 4.78 is 21.3. The maximum Gasteiger partial charge on any atom is 0.338 e. The number of carbonyl (C=O) groups excluding carboxylic acids is 2. The van der Waals surface area contributed by atoms with Crippen molar-refractivity contribution in [2.75, 3.05) is 39.6 Å². The summed E-state index contributed by atoms with van der Waals surface area (Å²) >= 11 is 0.